The number of hydrogen-bond acceptors (Lipinski definition) is 6. The highest BCUT2D eigenvalue weighted by molar-refractivity contribution is 6.30. The van der Waals surface area contributed by atoms with Crippen LogP contribution in [0.2, 0.25) is 5.02 Å². The van der Waals surface area contributed by atoms with Gasteiger partial charge in [0.2, 0.25) is 0 Å². The number of rotatable bonds is 5. The summed E-state index contributed by atoms with van der Waals surface area (Å²) in [5, 5.41) is 11.5. The molecule has 0 spiro atoms. The lowest BCUT2D eigenvalue weighted by molar-refractivity contribution is 0.0932. The first-order valence-electron chi connectivity index (χ1n) is 10.3. The molecule has 3 N–H and O–H groups in total. The Morgan fingerprint density at radius 2 is 1.97 bits per heavy atom. The summed E-state index contributed by atoms with van der Waals surface area (Å²) in [4.78, 5) is 25.7. The van der Waals surface area contributed by atoms with E-state index in [1.165, 1.54) is 12.1 Å². The van der Waals surface area contributed by atoms with Crippen LogP contribution in [0, 0.1) is 5.82 Å². The average molecular weight is 470 g/mol. The van der Waals surface area contributed by atoms with Crippen molar-refractivity contribution in [3.63, 3.8) is 0 Å². The van der Waals surface area contributed by atoms with Crippen LogP contribution < -0.4 is 20.7 Å². The van der Waals surface area contributed by atoms with Gasteiger partial charge in [-0.1, -0.05) is 23.7 Å². The van der Waals surface area contributed by atoms with Gasteiger partial charge in [0.1, 0.15) is 11.6 Å². The van der Waals surface area contributed by atoms with Crippen LogP contribution in [0.1, 0.15) is 23.2 Å². The minimum Gasteiger partial charge on any atom is -0.410 e. The number of amides is 2. The van der Waals surface area contributed by atoms with Crippen molar-refractivity contribution in [3.05, 3.63) is 71.0 Å². The Morgan fingerprint density at radius 1 is 1.15 bits per heavy atom. The maximum absolute atomic E-state index is 13.7. The van der Waals surface area contributed by atoms with Crippen molar-refractivity contribution in [1.82, 2.24) is 15.5 Å². The molecule has 8 nitrogen and oxygen atoms in total. The molecule has 1 atom stereocenters. The Morgan fingerprint density at radius 3 is 2.70 bits per heavy atom. The predicted molar refractivity (Wildman–Crippen MR) is 122 cm³/mol. The fourth-order valence-corrected chi connectivity index (χ4v) is 3.84. The van der Waals surface area contributed by atoms with Gasteiger partial charge in [0.25, 0.3) is 5.91 Å². The first kappa shape index (κ1) is 22.5. The minimum atomic E-state index is -0.908. The van der Waals surface area contributed by atoms with Crippen LogP contribution in [0.25, 0.3) is 11.3 Å². The van der Waals surface area contributed by atoms with Gasteiger partial charge in [-0.2, -0.15) is 0 Å². The second-order valence-electron chi connectivity index (χ2n) is 7.58. The summed E-state index contributed by atoms with van der Waals surface area (Å²) in [6.45, 7) is 1.30. The van der Waals surface area contributed by atoms with E-state index in [2.05, 4.69) is 15.5 Å². The summed E-state index contributed by atoms with van der Waals surface area (Å²) in [6.07, 6.45) is 0.732. The van der Waals surface area contributed by atoms with E-state index in [0.29, 0.717) is 29.4 Å². The van der Waals surface area contributed by atoms with Crippen molar-refractivity contribution in [2.75, 3.05) is 18.0 Å². The highest BCUT2D eigenvalue weighted by Gasteiger charge is 2.23. The first-order chi connectivity index (χ1) is 15.9. The zero-order valence-electron chi connectivity index (χ0n) is 17.5. The summed E-state index contributed by atoms with van der Waals surface area (Å²) >= 11 is 5.69. The number of primary amides is 1. The van der Waals surface area contributed by atoms with E-state index in [-0.39, 0.29) is 22.5 Å². The van der Waals surface area contributed by atoms with Gasteiger partial charge in [-0.3, -0.25) is 4.79 Å². The van der Waals surface area contributed by atoms with Gasteiger partial charge in [-0.25, -0.2) is 9.18 Å². The van der Waals surface area contributed by atoms with Crippen molar-refractivity contribution in [3.8, 4) is 17.0 Å². The number of hydrogen-bond donors (Lipinski definition) is 2. The Balaban J connectivity index is 1.44. The summed E-state index contributed by atoms with van der Waals surface area (Å²) in [6, 6.07) is 14.4. The molecule has 3 aromatic rings. The van der Waals surface area contributed by atoms with E-state index in [0.717, 1.165) is 25.5 Å². The molecule has 1 fully saturated rings. The van der Waals surface area contributed by atoms with Crippen molar-refractivity contribution in [2.45, 2.75) is 18.9 Å². The van der Waals surface area contributed by atoms with E-state index in [4.69, 9.17) is 22.1 Å². The molecule has 1 aromatic heterocycles. The van der Waals surface area contributed by atoms with Crippen molar-refractivity contribution < 1.29 is 18.7 Å². The van der Waals surface area contributed by atoms with Crippen molar-refractivity contribution in [1.29, 1.82) is 0 Å². The molecule has 2 amide bonds. The third kappa shape index (κ3) is 5.38. The topological polar surface area (TPSA) is 110 Å². The van der Waals surface area contributed by atoms with Crippen LogP contribution in [-0.4, -0.2) is 41.3 Å². The van der Waals surface area contributed by atoms with Gasteiger partial charge < -0.3 is 20.7 Å². The number of nitrogens with zero attached hydrogens (tertiary/aromatic N) is 3. The van der Waals surface area contributed by atoms with E-state index >= 15 is 0 Å². The molecule has 2 heterocycles. The maximum atomic E-state index is 13.7. The Labute approximate surface area is 194 Å². The van der Waals surface area contributed by atoms with Gasteiger partial charge in [0, 0.05) is 30.3 Å². The number of para-hydroxylation sites is 1. The van der Waals surface area contributed by atoms with Crippen LogP contribution >= 0.6 is 11.6 Å². The minimum absolute atomic E-state index is 0.0266. The lowest BCUT2D eigenvalue weighted by atomic mass is 10.0. The number of anilines is 1. The Bertz CT molecular complexity index is 1180. The Hall–Kier alpha value is -3.72. The molecule has 2 aromatic carbocycles. The largest absolute Gasteiger partial charge is 0.410 e. The second kappa shape index (κ2) is 9.83. The van der Waals surface area contributed by atoms with Gasteiger partial charge in [-0.05, 0) is 55.3 Å². The molecule has 0 aliphatic carbocycles. The fraction of sp³-hybridized carbons (Fsp3) is 0.217. The normalized spacial score (nSPS) is 15.7. The summed E-state index contributed by atoms with van der Waals surface area (Å²) in [7, 11) is 0. The standard InChI is InChI=1S/C23H21ClFN5O3/c24-17-8-7-14(12-18(17)25)22(31)27-15-4-3-11-30(13-15)21-10-9-19(28-29-21)16-5-1-2-6-20(16)33-23(26)32/h1-2,5-10,12,15H,3-4,11,13H2,(H2,26,32)(H,27,31). The number of halogens is 2. The molecule has 1 aliphatic rings. The molecular weight excluding hydrogens is 449 g/mol. The number of benzene rings is 2. The van der Waals surface area contributed by atoms with Gasteiger partial charge in [0.05, 0.1) is 10.7 Å². The summed E-state index contributed by atoms with van der Waals surface area (Å²) < 4.78 is 18.7. The second-order valence-corrected chi connectivity index (χ2v) is 7.99. The zero-order chi connectivity index (χ0) is 23.4. The Kier molecular flexibility index (Phi) is 6.69. The molecule has 0 radical (unpaired) electrons. The molecule has 33 heavy (non-hydrogen) atoms. The molecule has 1 aliphatic heterocycles. The lowest BCUT2D eigenvalue weighted by Crippen LogP contribution is -2.48. The van der Waals surface area contributed by atoms with Crippen LogP contribution in [-0.2, 0) is 0 Å². The quantitative estimate of drug-likeness (QED) is 0.588. The van der Waals surface area contributed by atoms with Gasteiger partial charge in [0.15, 0.2) is 5.82 Å². The molecule has 4 rings (SSSR count). The number of piperidine rings is 1. The third-order valence-corrected chi connectivity index (χ3v) is 5.59. The van der Waals surface area contributed by atoms with E-state index in [1.54, 1.807) is 30.3 Å². The number of nitrogens with one attached hydrogen (secondary N) is 1. The van der Waals surface area contributed by atoms with Gasteiger partial charge in [-0.15, -0.1) is 10.2 Å². The first-order valence-corrected chi connectivity index (χ1v) is 10.7. The molecular formula is C23H21ClFN5O3. The molecule has 10 heteroatoms. The highest BCUT2D eigenvalue weighted by atomic mass is 35.5. The molecule has 1 unspecified atom stereocenters. The molecule has 0 saturated carbocycles. The van der Waals surface area contributed by atoms with Gasteiger partial charge >= 0.3 is 6.09 Å². The third-order valence-electron chi connectivity index (χ3n) is 5.29. The van der Waals surface area contributed by atoms with Crippen molar-refractivity contribution >= 4 is 29.4 Å². The van der Waals surface area contributed by atoms with Crippen LogP contribution in [0.5, 0.6) is 5.75 Å². The van der Waals surface area contributed by atoms with Crippen LogP contribution in [0.15, 0.2) is 54.6 Å². The molecule has 0 bridgehead atoms. The number of ether oxygens (including phenoxy) is 1. The van der Waals surface area contributed by atoms with Crippen LogP contribution in [0.3, 0.4) is 0 Å². The predicted octanol–water partition coefficient (Wildman–Crippen LogP) is 3.79. The summed E-state index contributed by atoms with van der Waals surface area (Å²) in [5.41, 5.74) is 6.47. The monoisotopic (exact) mass is 469 g/mol. The van der Waals surface area contributed by atoms with E-state index in [1.807, 2.05) is 11.0 Å². The summed E-state index contributed by atoms with van der Waals surface area (Å²) in [5.74, 6) is -0.0346. The smallest absolute Gasteiger partial charge is 0.409 e. The lowest BCUT2D eigenvalue weighted by Gasteiger charge is -2.33. The molecule has 1 saturated heterocycles. The zero-order valence-corrected chi connectivity index (χ0v) is 18.3. The van der Waals surface area contributed by atoms with E-state index < -0.39 is 11.9 Å². The number of carbonyl (C=O) groups is 2. The SMILES string of the molecule is NC(=O)Oc1ccccc1-c1ccc(N2CCCC(NC(=O)c3ccc(Cl)c(F)c3)C2)nn1. The van der Waals surface area contributed by atoms with Crippen LogP contribution in [0.4, 0.5) is 15.0 Å². The number of nitrogens with two attached hydrogens (primary N) is 1. The maximum Gasteiger partial charge on any atom is 0.409 e. The molecule has 170 valence electrons. The van der Waals surface area contributed by atoms with Crippen molar-refractivity contribution in [2.24, 2.45) is 5.73 Å². The number of carbonyl (C=O) groups excluding carboxylic acids is 2. The number of aromatic nitrogens is 2. The van der Waals surface area contributed by atoms with E-state index in [9.17, 15) is 14.0 Å². The fourth-order valence-electron chi connectivity index (χ4n) is 3.72. The highest BCUT2D eigenvalue weighted by Crippen LogP contribution is 2.29. The average Bonchev–Trinajstić information content (AvgIpc) is 2.81.